The normalized spacial score (nSPS) is 23.3. The van der Waals surface area contributed by atoms with Crippen molar-refractivity contribution in [1.82, 2.24) is 0 Å². The highest BCUT2D eigenvalue weighted by Gasteiger charge is 2.36. The summed E-state index contributed by atoms with van der Waals surface area (Å²) in [6.07, 6.45) is 63.9. The molecule has 0 heterocycles. The summed E-state index contributed by atoms with van der Waals surface area (Å²) in [5.74, 6) is 10.5. The first-order valence-corrected chi connectivity index (χ1v) is 41.3. The summed E-state index contributed by atoms with van der Waals surface area (Å²) in [6.45, 7) is 67.5. The lowest BCUT2D eigenvalue weighted by Crippen LogP contribution is -2.16. The molecule has 0 heteroatoms. The Bertz CT molecular complexity index is 793. The van der Waals surface area contributed by atoms with Crippen LogP contribution < -0.4 is 0 Å². The van der Waals surface area contributed by atoms with Gasteiger partial charge >= 0.3 is 0 Å². The first kappa shape index (κ1) is 110. The number of hydrogen-bond acceptors (Lipinski definition) is 0. The molecule has 9 fully saturated rings. The van der Waals surface area contributed by atoms with Crippen molar-refractivity contribution < 1.29 is 0 Å². The van der Waals surface area contributed by atoms with Gasteiger partial charge in [0.1, 0.15) is 0 Å². The van der Waals surface area contributed by atoms with Crippen molar-refractivity contribution >= 4 is 0 Å². The molecule has 0 saturated heterocycles. The van der Waals surface area contributed by atoms with E-state index >= 15 is 0 Å². The summed E-state index contributed by atoms with van der Waals surface area (Å²) in [5.41, 5.74) is 0. The first-order valence-electron chi connectivity index (χ1n) is 41.3. The third kappa shape index (κ3) is 112. The molecule has 9 aliphatic rings. The van der Waals surface area contributed by atoms with Crippen LogP contribution in [0.3, 0.4) is 0 Å². The fourth-order valence-electron chi connectivity index (χ4n) is 11.1. The molecule has 85 heavy (non-hydrogen) atoms. The monoisotopic (exact) mass is 1210 g/mol. The van der Waals surface area contributed by atoms with Gasteiger partial charge in [-0.05, 0) is 97.7 Å². The molecule has 5 atom stereocenters. The van der Waals surface area contributed by atoms with Gasteiger partial charge in [0.25, 0.3) is 0 Å². The zero-order valence-electron chi connectivity index (χ0n) is 68.2. The van der Waals surface area contributed by atoms with E-state index in [1.54, 1.807) is 25.7 Å². The minimum absolute atomic E-state index is 0.833. The van der Waals surface area contributed by atoms with Crippen LogP contribution in [0.15, 0.2) is 0 Å². The number of fused-ring (bicyclic) bond motifs is 2. The minimum Gasteiger partial charge on any atom is -0.0683 e. The molecule has 9 rings (SSSR count). The average molecular weight is 1210 g/mol. The van der Waals surface area contributed by atoms with Crippen molar-refractivity contribution in [2.45, 2.75) is 498 Å². The molecular formula is C85H192. The maximum absolute atomic E-state index is 2.42. The Balaban J connectivity index is -0.0000000773. The first-order chi connectivity index (χ1) is 41.3. The number of rotatable bonds is 1. The van der Waals surface area contributed by atoms with Gasteiger partial charge in [-0.1, -0.05) is 459 Å². The van der Waals surface area contributed by atoms with Crippen LogP contribution in [0.1, 0.15) is 498 Å². The molecule has 9 saturated carbocycles. The zero-order valence-corrected chi connectivity index (χ0v) is 68.2. The Hall–Kier alpha value is 0. The van der Waals surface area contributed by atoms with Crippen molar-refractivity contribution in [2.24, 2.45) is 59.2 Å². The molecule has 0 aromatic carbocycles. The van der Waals surface area contributed by atoms with Gasteiger partial charge in [0, 0.05) is 0 Å². The molecule has 0 N–H and O–H groups in total. The Kier molecular flexibility index (Phi) is 140. The highest BCUT2D eigenvalue weighted by atomic mass is 14.4. The minimum atomic E-state index is 0.833. The zero-order chi connectivity index (χ0) is 68.2. The molecule has 0 spiro atoms. The molecule has 0 radical (unpaired) electrons. The molecule has 2 bridgehead atoms. The van der Waals surface area contributed by atoms with Crippen molar-refractivity contribution in [2.75, 3.05) is 0 Å². The lowest BCUT2D eigenvalue weighted by molar-refractivity contribution is 0.233. The van der Waals surface area contributed by atoms with Gasteiger partial charge < -0.3 is 0 Å². The van der Waals surface area contributed by atoms with E-state index < -0.39 is 0 Å². The van der Waals surface area contributed by atoms with Crippen LogP contribution in [0.5, 0.6) is 0 Å². The average Bonchev–Trinajstić information content (AvgIpc) is 4.11. The summed E-state index contributed by atoms with van der Waals surface area (Å²) < 4.78 is 0. The van der Waals surface area contributed by atoms with Crippen molar-refractivity contribution in [3.63, 3.8) is 0 Å². The second kappa shape index (κ2) is 109. The quantitative estimate of drug-likeness (QED) is 0.230. The summed E-state index contributed by atoms with van der Waals surface area (Å²) in [4.78, 5) is 0. The van der Waals surface area contributed by atoms with Crippen LogP contribution in [0.25, 0.3) is 0 Å². The smallest absolute Gasteiger partial charge is 0.0386 e. The summed E-state index contributed by atoms with van der Waals surface area (Å²) in [6, 6.07) is 0. The third-order valence-electron chi connectivity index (χ3n) is 16.3. The summed E-state index contributed by atoms with van der Waals surface area (Å²) in [5, 5.41) is 0. The molecule has 0 amide bonds. The second-order valence-corrected chi connectivity index (χ2v) is 25.6. The van der Waals surface area contributed by atoms with Crippen molar-refractivity contribution in [3.8, 4) is 0 Å². The van der Waals surface area contributed by atoms with Crippen LogP contribution in [0, 0.1) is 59.2 Å². The van der Waals surface area contributed by atoms with Crippen LogP contribution in [-0.4, -0.2) is 0 Å². The van der Waals surface area contributed by atoms with Gasteiger partial charge in [0.05, 0.1) is 0 Å². The van der Waals surface area contributed by atoms with Gasteiger partial charge in [-0.25, -0.2) is 0 Å². The maximum Gasteiger partial charge on any atom is -0.0386 e. The van der Waals surface area contributed by atoms with Gasteiger partial charge in [0.2, 0.25) is 0 Å². The van der Waals surface area contributed by atoms with E-state index in [0.717, 1.165) is 59.2 Å². The predicted molar refractivity (Wildman–Crippen MR) is 415 cm³/mol. The SMILES string of the molecule is C1CCCCCC1.C1CCCCCCC1.C1CCCCCCCC1.CC.CC.CC.CC.CC.CC.CC.CC.CC.CC(C)C.CC1CC(C)C1.CC1CCCC1.CC1CCCCC1.CCC.CCCC.C[C@@H]1CC2CCC1C2.C[C@@H]1C[C@@H]1C. The maximum atomic E-state index is 2.42. The molecule has 0 aromatic heterocycles. The molecule has 2 unspecified atom stereocenters. The van der Waals surface area contributed by atoms with Crippen LogP contribution in [0.4, 0.5) is 0 Å². The predicted octanol–water partition coefficient (Wildman–Crippen LogP) is 34.4. The number of hydrogen-bond donors (Lipinski definition) is 0. The van der Waals surface area contributed by atoms with Crippen molar-refractivity contribution in [1.29, 1.82) is 0 Å². The van der Waals surface area contributed by atoms with E-state index in [1.165, 1.54) is 250 Å². The van der Waals surface area contributed by atoms with Crippen molar-refractivity contribution in [3.05, 3.63) is 0 Å². The Morgan fingerprint density at radius 1 is 0.224 bits per heavy atom. The Morgan fingerprint density at radius 3 is 0.459 bits per heavy atom. The van der Waals surface area contributed by atoms with E-state index in [9.17, 15) is 0 Å². The fourth-order valence-corrected chi connectivity index (χ4v) is 11.1. The van der Waals surface area contributed by atoms with E-state index in [-0.39, 0.29) is 0 Å². The fraction of sp³-hybridized carbons (Fsp3) is 1.00. The van der Waals surface area contributed by atoms with Crippen LogP contribution in [0.2, 0.25) is 0 Å². The molecule has 0 aromatic rings. The van der Waals surface area contributed by atoms with E-state index in [4.69, 9.17) is 0 Å². The Labute approximate surface area is 553 Å². The van der Waals surface area contributed by atoms with E-state index in [0.29, 0.717) is 0 Å². The number of unbranched alkanes of at least 4 members (excludes halogenated alkanes) is 1. The third-order valence-corrected chi connectivity index (χ3v) is 16.3. The molecule has 0 aliphatic heterocycles. The highest BCUT2D eigenvalue weighted by molar-refractivity contribution is 4.87. The largest absolute Gasteiger partial charge is 0.0683 e. The van der Waals surface area contributed by atoms with E-state index in [1.807, 2.05) is 125 Å². The standard InChI is InChI=1S/C9H18.C8H14.C8H16.2C7H14.2C6H12.C5H10.2C4H10.C3H8.9C2H6/c1-2-4-6-8-9-7-5-3-1;1-6-4-7-2-3-8(6)5-7;1-2-4-6-8-7-5-3-1;1-7-5-3-2-4-6-7;1-2-4-6-7-5-3-1;1-5-3-6(2)4-5;1-6-4-2-3-5-6;1-4-3-5(4)2;1-4(2)3;1-3-4-2;1-3-2;9*1-2/h1-9H2;6-8H,2-5H2,1H3;1-8H2;7H,2-6H2,1H3;1-7H2;5-6H,3-4H2,1-2H3;6H,2-5H2,1H3;4-5H,3H2,1-2H3;4H,1-3H3;3-4H2,1-2H3;3H2,1-2H3;9*1-2H3/t;6-,7?,8?;;;;;;4-,5+;;;;;;;;;;;;/m.1................../s1. The molecule has 0 nitrogen and oxygen atoms in total. The van der Waals surface area contributed by atoms with E-state index in [2.05, 4.69) is 96.9 Å². The summed E-state index contributed by atoms with van der Waals surface area (Å²) >= 11 is 0. The summed E-state index contributed by atoms with van der Waals surface area (Å²) in [7, 11) is 0. The van der Waals surface area contributed by atoms with Crippen LogP contribution in [-0.2, 0) is 0 Å². The highest BCUT2D eigenvalue weighted by Crippen LogP contribution is 2.47. The van der Waals surface area contributed by atoms with Gasteiger partial charge in [0.15, 0.2) is 0 Å². The van der Waals surface area contributed by atoms with Gasteiger partial charge in [-0.15, -0.1) is 0 Å². The lowest BCUT2D eigenvalue weighted by Gasteiger charge is -2.28. The van der Waals surface area contributed by atoms with Crippen LogP contribution >= 0.6 is 0 Å². The Morgan fingerprint density at radius 2 is 0.400 bits per heavy atom. The molecule has 532 valence electrons. The molecule has 9 aliphatic carbocycles. The molecular weight excluding hydrogens is 1020 g/mol. The lowest BCUT2D eigenvalue weighted by atomic mass is 9.78. The second-order valence-electron chi connectivity index (χ2n) is 25.6. The van der Waals surface area contributed by atoms with Gasteiger partial charge in [-0.2, -0.15) is 0 Å². The van der Waals surface area contributed by atoms with Gasteiger partial charge in [-0.3, -0.25) is 0 Å². The topological polar surface area (TPSA) is 0 Å².